The van der Waals surface area contributed by atoms with Gasteiger partial charge in [0.15, 0.2) is 0 Å². The lowest BCUT2D eigenvalue weighted by Gasteiger charge is -2.49. The first-order valence-electron chi connectivity index (χ1n) is 13.4. The van der Waals surface area contributed by atoms with Crippen molar-refractivity contribution in [1.82, 2.24) is 5.32 Å². The average Bonchev–Trinajstić information content (AvgIpc) is 3.04. The summed E-state index contributed by atoms with van der Waals surface area (Å²) in [5.41, 5.74) is 5.50. The van der Waals surface area contributed by atoms with Crippen LogP contribution in [0.15, 0.2) is 72.0 Å². The van der Waals surface area contributed by atoms with Crippen molar-refractivity contribution in [3.8, 4) is 12.3 Å². The molecule has 188 valence electrons. The number of fused-ring (bicyclic) bond motifs is 3. The van der Waals surface area contributed by atoms with Crippen molar-refractivity contribution in [3.05, 3.63) is 94.2 Å². The fourth-order valence-electron chi connectivity index (χ4n) is 6.30. The Bertz CT molecular complexity index is 1200. The van der Waals surface area contributed by atoms with E-state index in [-0.39, 0.29) is 11.3 Å². The summed E-state index contributed by atoms with van der Waals surface area (Å²) in [5, 5.41) is 14.2. The standard InChI is InChI=1S/C33H39NO2/c1-5-12-30(24(4)6-2)34-31(35)27-17-18-29-26(21-27)15-11-16-28-23-32(36,7-3)19-20-33(28,29)22-25-13-9-8-10-14-25/h3,5,8-10,12-14,17-18,21,28,36H,6,11,15-16,19-20,22-23H2,1-2,4H3,(H,34,35). The molecule has 2 aromatic carbocycles. The molecule has 0 radical (unpaired) electrons. The molecule has 3 nitrogen and oxygen atoms in total. The van der Waals surface area contributed by atoms with Crippen LogP contribution < -0.4 is 5.32 Å². The van der Waals surface area contributed by atoms with Gasteiger partial charge in [-0.25, -0.2) is 0 Å². The smallest absolute Gasteiger partial charge is 0.255 e. The lowest BCUT2D eigenvalue weighted by atomic mass is 9.56. The Kier molecular flexibility index (Phi) is 7.86. The predicted octanol–water partition coefficient (Wildman–Crippen LogP) is 6.66. The van der Waals surface area contributed by atoms with Crippen LogP contribution in [-0.2, 0) is 18.3 Å². The van der Waals surface area contributed by atoms with Crippen LogP contribution >= 0.6 is 0 Å². The fourth-order valence-corrected chi connectivity index (χ4v) is 6.30. The van der Waals surface area contributed by atoms with Crippen LogP contribution in [0.2, 0.25) is 0 Å². The normalized spacial score (nSPS) is 26.2. The lowest BCUT2D eigenvalue weighted by Crippen LogP contribution is -2.48. The van der Waals surface area contributed by atoms with Crippen molar-refractivity contribution in [2.45, 2.75) is 83.2 Å². The highest BCUT2D eigenvalue weighted by atomic mass is 16.3. The number of carbonyl (C=O) groups excluding carboxylic acids is 1. The summed E-state index contributed by atoms with van der Waals surface area (Å²) in [6.45, 7) is 6.12. The zero-order valence-corrected chi connectivity index (χ0v) is 21.9. The molecule has 3 atom stereocenters. The Morgan fingerprint density at radius 2 is 2.00 bits per heavy atom. The summed E-state index contributed by atoms with van der Waals surface area (Å²) in [6, 6.07) is 16.9. The largest absolute Gasteiger partial charge is 0.378 e. The molecule has 0 heterocycles. The SMILES string of the molecule is C#CC1(O)CCC2(Cc3ccccc3)c3ccc(C(=O)NC(C=CC)=C(C)CC)cc3CCCC2C1. The minimum Gasteiger partial charge on any atom is -0.378 e. The third-order valence-corrected chi connectivity index (χ3v) is 8.46. The number of allylic oxidation sites excluding steroid dienone is 3. The van der Waals surface area contributed by atoms with Crippen molar-refractivity contribution in [2.75, 3.05) is 0 Å². The molecule has 0 bridgehead atoms. The minimum absolute atomic E-state index is 0.0676. The number of carbonyl (C=O) groups is 1. The number of aliphatic hydroxyl groups is 1. The van der Waals surface area contributed by atoms with E-state index in [0.717, 1.165) is 49.8 Å². The summed E-state index contributed by atoms with van der Waals surface area (Å²) in [5.74, 6) is 2.93. The third kappa shape index (κ3) is 5.20. The molecule has 36 heavy (non-hydrogen) atoms. The second-order valence-electron chi connectivity index (χ2n) is 10.7. The van der Waals surface area contributed by atoms with Gasteiger partial charge in [-0.1, -0.05) is 55.3 Å². The molecule has 0 aliphatic heterocycles. The highest BCUT2D eigenvalue weighted by Gasteiger charge is 2.50. The van der Waals surface area contributed by atoms with Gasteiger partial charge in [0.05, 0.1) is 0 Å². The van der Waals surface area contributed by atoms with E-state index >= 15 is 0 Å². The zero-order valence-electron chi connectivity index (χ0n) is 21.9. The van der Waals surface area contributed by atoms with Crippen molar-refractivity contribution in [1.29, 1.82) is 0 Å². The maximum absolute atomic E-state index is 13.3. The van der Waals surface area contributed by atoms with Gasteiger partial charge < -0.3 is 10.4 Å². The van der Waals surface area contributed by atoms with Gasteiger partial charge in [0.1, 0.15) is 5.60 Å². The van der Waals surface area contributed by atoms with Gasteiger partial charge >= 0.3 is 0 Å². The van der Waals surface area contributed by atoms with Gasteiger partial charge in [0, 0.05) is 16.7 Å². The topological polar surface area (TPSA) is 49.3 Å². The summed E-state index contributed by atoms with van der Waals surface area (Å²) >= 11 is 0. The highest BCUT2D eigenvalue weighted by molar-refractivity contribution is 5.96. The molecule has 0 aromatic heterocycles. The Morgan fingerprint density at radius 1 is 1.22 bits per heavy atom. The van der Waals surface area contributed by atoms with Crippen LogP contribution in [-0.4, -0.2) is 16.6 Å². The summed E-state index contributed by atoms with van der Waals surface area (Å²) in [4.78, 5) is 13.3. The van der Waals surface area contributed by atoms with E-state index in [0.29, 0.717) is 24.3 Å². The maximum Gasteiger partial charge on any atom is 0.255 e. The third-order valence-electron chi connectivity index (χ3n) is 8.46. The number of rotatable bonds is 6. The number of hydrogen-bond donors (Lipinski definition) is 2. The number of benzene rings is 2. The van der Waals surface area contributed by atoms with Gasteiger partial charge in [-0.05, 0) is 112 Å². The second-order valence-corrected chi connectivity index (χ2v) is 10.7. The van der Waals surface area contributed by atoms with Crippen LogP contribution in [0.1, 0.15) is 86.3 Å². The maximum atomic E-state index is 13.3. The molecule has 2 aliphatic carbocycles. The molecule has 1 fully saturated rings. The first kappa shape index (κ1) is 26.0. The quantitative estimate of drug-likeness (QED) is 0.358. The number of aryl methyl sites for hydroxylation is 1. The lowest BCUT2D eigenvalue weighted by molar-refractivity contribution is -0.00344. The molecule has 1 amide bonds. The highest BCUT2D eigenvalue weighted by Crippen LogP contribution is 2.53. The second kappa shape index (κ2) is 10.9. The van der Waals surface area contributed by atoms with Crippen LogP contribution in [0.4, 0.5) is 0 Å². The van der Waals surface area contributed by atoms with E-state index < -0.39 is 5.60 Å². The number of hydrogen-bond acceptors (Lipinski definition) is 2. The molecule has 0 spiro atoms. The van der Waals surface area contributed by atoms with E-state index in [1.54, 1.807) is 0 Å². The van der Waals surface area contributed by atoms with Crippen LogP contribution in [0, 0.1) is 18.3 Å². The summed E-state index contributed by atoms with van der Waals surface area (Å²) in [7, 11) is 0. The van der Waals surface area contributed by atoms with Crippen LogP contribution in [0.5, 0.6) is 0 Å². The molecule has 2 N–H and O–H groups in total. The van der Waals surface area contributed by atoms with Gasteiger partial charge in [0.25, 0.3) is 5.91 Å². The van der Waals surface area contributed by atoms with E-state index in [1.165, 1.54) is 16.7 Å². The molecule has 4 rings (SSSR count). The molecule has 3 heteroatoms. The monoisotopic (exact) mass is 481 g/mol. The number of nitrogens with one attached hydrogen (secondary N) is 1. The van der Waals surface area contributed by atoms with Crippen molar-refractivity contribution in [3.63, 3.8) is 0 Å². The Balaban J connectivity index is 1.74. The van der Waals surface area contributed by atoms with Gasteiger partial charge in [0.2, 0.25) is 0 Å². The number of amides is 1. The zero-order chi connectivity index (χ0) is 25.8. The fraction of sp³-hybridized carbons (Fsp3) is 0.424. The molecular weight excluding hydrogens is 442 g/mol. The van der Waals surface area contributed by atoms with Crippen LogP contribution in [0.3, 0.4) is 0 Å². The van der Waals surface area contributed by atoms with Crippen LogP contribution in [0.25, 0.3) is 0 Å². The number of terminal acetylenes is 1. The predicted molar refractivity (Wildman–Crippen MR) is 148 cm³/mol. The average molecular weight is 482 g/mol. The molecule has 0 saturated heterocycles. The molecule has 2 aliphatic rings. The van der Waals surface area contributed by atoms with Crippen molar-refractivity contribution >= 4 is 5.91 Å². The molecule has 1 saturated carbocycles. The first-order chi connectivity index (χ1) is 17.3. The van der Waals surface area contributed by atoms with Gasteiger partial charge in [-0.3, -0.25) is 4.79 Å². The van der Waals surface area contributed by atoms with Crippen molar-refractivity contribution in [2.24, 2.45) is 5.92 Å². The van der Waals surface area contributed by atoms with E-state index in [2.05, 4.69) is 67.5 Å². The van der Waals surface area contributed by atoms with Gasteiger partial charge in [-0.15, -0.1) is 6.42 Å². The summed E-state index contributed by atoms with van der Waals surface area (Å²) < 4.78 is 0. The Morgan fingerprint density at radius 3 is 2.69 bits per heavy atom. The Hall–Kier alpha value is -3.09. The molecule has 2 aromatic rings. The van der Waals surface area contributed by atoms with E-state index in [4.69, 9.17) is 6.42 Å². The molecule has 3 unspecified atom stereocenters. The first-order valence-corrected chi connectivity index (χ1v) is 13.4. The van der Waals surface area contributed by atoms with E-state index in [9.17, 15) is 9.90 Å². The molecular formula is C33H39NO2. The van der Waals surface area contributed by atoms with E-state index in [1.807, 2.05) is 25.1 Å². The van der Waals surface area contributed by atoms with Crippen molar-refractivity contribution < 1.29 is 9.90 Å². The minimum atomic E-state index is -1.03. The Labute approximate surface area is 216 Å². The summed E-state index contributed by atoms with van der Waals surface area (Å²) in [6.07, 6.45) is 16.6. The van der Waals surface area contributed by atoms with Gasteiger partial charge in [-0.2, -0.15) is 0 Å².